The van der Waals surface area contributed by atoms with Gasteiger partial charge in [-0.1, -0.05) is 24.3 Å². The third-order valence-corrected chi connectivity index (χ3v) is 4.67. The molecule has 0 radical (unpaired) electrons. The van der Waals surface area contributed by atoms with Crippen LogP contribution in [0.3, 0.4) is 0 Å². The first-order chi connectivity index (χ1) is 9.37. The average Bonchev–Trinajstić information content (AvgIpc) is 2.35. The molecule has 0 spiro atoms. The predicted octanol–water partition coefficient (Wildman–Crippen LogP) is 3.28. The molecule has 20 heavy (non-hydrogen) atoms. The molecule has 0 unspecified atom stereocenters. The van der Waals surface area contributed by atoms with Crippen LogP contribution in [-0.2, 0) is 15.8 Å². The smallest absolute Gasteiger partial charge is 0.237 e. The zero-order chi connectivity index (χ0) is 14.8. The number of aryl methyl sites for hydroxylation is 1. The van der Waals surface area contributed by atoms with E-state index in [2.05, 4.69) is 20.7 Å². The molecule has 0 aliphatic heterocycles. The summed E-state index contributed by atoms with van der Waals surface area (Å²) in [6.07, 6.45) is 0. The normalized spacial score (nSPS) is 11.3. The summed E-state index contributed by atoms with van der Waals surface area (Å²) in [6.45, 7) is 1.94. The van der Waals surface area contributed by atoms with Gasteiger partial charge >= 0.3 is 0 Å². The lowest BCUT2D eigenvalue weighted by Crippen LogP contribution is -2.16. The van der Waals surface area contributed by atoms with Gasteiger partial charge in [0.1, 0.15) is 0 Å². The topological polar surface area (TPSA) is 72.2 Å². The summed E-state index contributed by atoms with van der Waals surface area (Å²) in [5, 5.41) is 0. The molecule has 0 heterocycles. The summed E-state index contributed by atoms with van der Waals surface area (Å²) in [7, 11) is -3.51. The third kappa shape index (κ3) is 3.74. The van der Waals surface area contributed by atoms with Crippen LogP contribution in [0.4, 0.5) is 11.4 Å². The van der Waals surface area contributed by atoms with Gasteiger partial charge in [-0.15, -0.1) is 0 Å². The molecule has 0 saturated carbocycles. The van der Waals surface area contributed by atoms with Crippen molar-refractivity contribution in [3.05, 3.63) is 58.1 Å². The Morgan fingerprint density at radius 2 is 1.90 bits per heavy atom. The minimum atomic E-state index is -3.51. The zero-order valence-corrected chi connectivity index (χ0v) is 13.3. The van der Waals surface area contributed by atoms with E-state index in [0.29, 0.717) is 21.4 Å². The predicted molar refractivity (Wildman–Crippen MR) is 86.0 cm³/mol. The van der Waals surface area contributed by atoms with Crippen LogP contribution in [0.15, 0.2) is 46.9 Å². The van der Waals surface area contributed by atoms with Crippen molar-refractivity contribution in [1.82, 2.24) is 0 Å². The molecule has 0 saturated heterocycles. The molecule has 106 valence electrons. The van der Waals surface area contributed by atoms with Crippen LogP contribution in [0.2, 0.25) is 0 Å². The molecular formula is C14H15BrN2O2S. The molecule has 0 bridgehead atoms. The van der Waals surface area contributed by atoms with E-state index in [-0.39, 0.29) is 5.75 Å². The number of hydrogen-bond acceptors (Lipinski definition) is 3. The molecule has 2 aromatic rings. The summed E-state index contributed by atoms with van der Waals surface area (Å²) >= 11 is 3.35. The molecule has 3 N–H and O–H groups in total. The molecule has 0 fully saturated rings. The standard InChI is InChI=1S/C14H15BrN2O2S/c1-10-6-7-14(12(15)8-10)17-20(18,19)9-11-4-2-3-5-13(11)16/h2-8,17H,9,16H2,1H3. The van der Waals surface area contributed by atoms with Crippen molar-refractivity contribution >= 4 is 37.3 Å². The highest BCUT2D eigenvalue weighted by Gasteiger charge is 2.14. The number of nitrogen functional groups attached to an aromatic ring is 1. The van der Waals surface area contributed by atoms with Crippen molar-refractivity contribution in [2.75, 3.05) is 10.5 Å². The fourth-order valence-electron chi connectivity index (χ4n) is 1.78. The van der Waals surface area contributed by atoms with E-state index >= 15 is 0 Å². The van der Waals surface area contributed by atoms with Gasteiger partial charge in [-0.2, -0.15) is 0 Å². The number of sulfonamides is 1. The third-order valence-electron chi connectivity index (χ3n) is 2.79. The molecule has 2 rings (SSSR count). The summed E-state index contributed by atoms with van der Waals surface area (Å²) in [6, 6.07) is 12.4. The molecule has 6 heteroatoms. The SMILES string of the molecule is Cc1ccc(NS(=O)(=O)Cc2ccccc2N)c(Br)c1. The van der Waals surface area contributed by atoms with E-state index in [1.165, 1.54) is 0 Å². The van der Waals surface area contributed by atoms with E-state index in [1.54, 1.807) is 30.3 Å². The Morgan fingerprint density at radius 1 is 1.20 bits per heavy atom. The van der Waals surface area contributed by atoms with Gasteiger partial charge in [0.05, 0.1) is 11.4 Å². The highest BCUT2D eigenvalue weighted by molar-refractivity contribution is 9.10. The quantitative estimate of drug-likeness (QED) is 0.827. The molecule has 0 amide bonds. The van der Waals surface area contributed by atoms with E-state index in [9.17, 15) is 8.42 Å². The number of benzene rings is 2. The summed E-state index contributed by atoms with van der Waals surface area (Å²) < 4.78 is 27.6. The van der Waals surface area contributed by atoms with Crippen molar-refractivity contribution in [1.29, 1.82) is 0 Å². The van der Waals surface area contributed by atoms with Gasteiger partial charge in [-0.05, 0) is 52.2 Å². The van der Waals surface area contributed by atoms with E-state index in [4.69, 9.17) is 5.73 Å². The number of rotatable bonds is 4. The lowest BCUT2D eigenvalue weighted by Gasteiger charge is -2.11. The maximum atomic E-state index is 12.2. The number of anilines is 2. The van der Waals surface area contributed by atoms with E-state index < -0.39 is 10.0 Å². The first kappa shape index (κ1) is 14.9. The molecule has 0 aliphatic rings. The Morgan fingerprint density at radius 3 is 2.55 bits per heavy atom. The first-order valence-corrected chi connectivity index (χ1v) is 8.42. The number of nitrogens with two attached hydrogens (primary N) is 1. The molecule has 2 aromatic carbocycles. The van der Waals surface area contributed by atoms with Crippen LogP contribution in [-0.4, -0.2) is 8.42 Å². The second-order valence-electron chi connectivity index (χ2n) is 4.54. The molecular weight excluding hydrogens is 340 g/mol. The Labute approximate surface area is 127 Å². The minimum Gasteiger partial charge on any atom is -0.398 e. The Hall–Kier alpha value is -1.53. The largest absolute Gasteiger partial charge is 0.398 e. The van der Waals surface area contributed by atoms with Crippen LogP contribution in [0, 0.1) is 6.92 Å². The second-order valence-corrected chi connectivity index (χ2v) is 7.12. The lowest BCUT2D eigenvalue weighted by molar-refractivity contribution is 0.600. The number of hydrogen-bond donors (Lipinski definition) is 2. The van der Waals surface area contributed by atoms with Crippen molar-refractivity contribution in [2.45, 2.75) is 12.7 Å². The van der Waals surface area contributed by atoms with Gasteiger partial charge in [0, 0.05) is 10.2 Å². The Kier molecular flexibility index (Phi) is 4.35. The fourth-order valence-corrected chi connectivity index (χ4v) is 3.76. The average molecular weight is 355 g/mol. The van der Waals surface area contributed by atoms with E-state index in [0.717, 1.165) is 5.56 Å². The fraction of sp³-hybridized carbons (Fsp3) is 0.143. The van der Waals surface area contributed by atoms with Crippen LogP contribution >= 0.6 is 15.9 Å². The summed E-state index contributed by atoms with van der Waals surface area (Å²) in [5.74, 6) is -0.153. The number of nitrogens with one attached hydrogen (secondary N) is 1. The van der Waals surface area contributed by atoms with Crippen molar-refractivity contribution < 1.29 is 8.42 Å². The summed E-state index contributed by atoms with van der Waals surface area (Å²) in [4.78, 5) is 0. The van der Waals surface area contributed by atoms with Gasteiger partial charge in [-0.25, -0.2) is 8.42 Å². The monoisotopic (exact) mass is 354 g/mol. The van der Waals surface area contributed by atoms with Gasteiger partial charge in [0.2, 0.25) is 10.0 Å². The van der Waals surface area contributed by atoms with Crippen LogP contribution in [0.5, 0.6) is 0 Å². The van der Waals surface area contributed by atoms with Crippen molar-refractivity contribution in [3.63, 3.8) is 0 Å². The summed E-state index contributed by atoms with van der Waals surface area (Å²) in [5.41, 5.74) is 8.40. The van der Waals surface area contributed by atoms with Crippen LogP contribution in [0.25, 0.3) is 0 Å². The van der Waals surface area contributed by atoms with Crippen LogP contribution in [0.1, 0.15) is 11.1 Å². The van der Waals surface area contributed by atoms with Crippen molar-refractivity contribution in [2.24, 2.45) is 0 Å². The van der Waals surface area contributed by atoms with E-state index in [1.807, 2.05) is 19.1 Å². The highest BCUT2D eigenvalue weighted by atomic mass is 79.9. The molecule has 0 atom stereocenters. The number of para-hydroxylation sites is 1. The van der Waals surface area contributed by atoms with Crippen LogP contribution < -0.4 is 10.5 Å². The van der Waals surface area contributed by atoms with Gasteiger partial charge < -0.3 is 5.73 Å². The number of halogens is 1. The molecule has 4 nitrogen and oxygen atoms in total. The van der Waals surface area contributed by atoms with Gasteiger partial charge in [-0.3, -0.25) is 4.72 Å². The molecule has 0 aromatic heterocycles. The maximum Gasteiger partial charge on any atom is 0.237 e. The second kappa shape index (κ2) is 5.85. The lowest BCUT2D eigenvalue weighted by atomic mass is 10.2. The zero-order valence-electron chi connectivity index (χ0n) is 10.9. The minimum absolute atomic E-state index is 0.153. The Bertz CT molecular complexity index is 730. The highest BCUT2D eigenvalue weighted by Crippen LogP contribution is 2.25. The van der Waals surface area contributed by atoms with Crippen molar-refractivity contribution in [3.8, 4) is 0 Å². The Balaban J connectivity index is 2.22. The van der Waals surface area contributed by atoms with Gasteiger partial charge in [0.25, 0.3) is 0 Å². The maximum absolute atomic E-state index is 12.2. The first-order valence-electron chi connectivity index (χ1n) is 5.97. The molecule has 0 aliphatic carbocycles. The van der Waals surface area contributed by atoms with Gasteiger partial charge in [0.15, 0.2) is 0 Å².